The molecule has 4 rings (SSSR count). The number of nitrogens with zero attached hydrogens (tertiary/aromatic N) is 1. The molecule has 0 atom stereocenters. The molecule has 0 radical (unpaired) electrons. The fourth-order valence-corrected chi connectivity index (χ4v) is 3.87. The second-order valence-corrected chi connectivity index (χ2v) is 7.71. The van der Waals surface area contributed by atoms with Crippen molar-refractivity contribution in [2.24, 2.45) is 0 Å². The monoisotopic (exact) mass is 441 g/mol. The predicted molar refractivity (Wildman–Crippen MR) is 112 cm³/mol. The predicted octanol–water partition coefficient (Wildman–Crippen LogP) is 6.51. The molecule has 3 aromatic carbocycles. The van der Waals surface area contributed by atoms with Gasteiger partial charge in [-0.1, -0.05) is 28.1 Å². The van der Waals surface area contributed by atoms with Gasteiger partial charge >= 0.3 is 6.03 Å². The van der Waals surface area contributed by atoms with Gasteiger partial charge in [-0.3, -0.25) is 0 Å². The Morgan fingerprint density at radius 2 is 1.78 bits per heavy atom. The number of carbonyl (C=O) groups is 1. The smallest absolute Gasteiger partial charge is 0.308 e. The van der Waals surface area contributed by atoms with E-state index in [2.05, 4.69) is 31.5 Å². The average Bonchev–Trinajstić information content (AvgIpc) is 3.09. The van der Waals surface area contributed by atoms with E-state index in [-0.39, 0.29) is 5.69 Å². The molecule has 0 unspecified atom stereocenters. The molecule has 134 valence electrons. The number of halogens is 2. The molecule has 4 aromatic rings. The van der Waals surface area contributed by atoms with Crippen LogP contribution in [0.1, 0.15) is 0 Å². The molecule has 0 aliphatic rings. The number of rotatable bonds is 3. The third-order valence-corrected chi connectivity index (χ3v) is 5.44. The maximum absolute atomic E-state index is 13.8. The van der Waals surface area contributed by atoms with Gasteiger partial charge in [-0.2, -0.15) is 0 Å². The van der Waals surface area contributed by atoms with Gasteiger partial charge in [-0.25, -0.2) is 14.2 Å². The van der Waals surface area contributed by atoms with Gasteiger partial charge in [0.1, 0.15) is 10.8 Å². The fraction of sp³-hybridized carbons (Fsp3) is 0. The van der Waals surface area contributed by atoms with Gasteiger partial charge in [0.2, 0.25) is 0 Å². The molecule has 0 saturated heterocycles. The van der Waals surface area contributed by atoms with Crippen molar-refractivity contribution in [1.29, 1.82) is 0 Å². The molecule has 0 aliphatic carbocycles. The molecule has 27 heavy (non-hydrogen) atoms. The number of amides is 2. The Balaban J connectivity index is 1.46. The largest absolute Gasteiger partial charge is 0.323 e. The Hall–Kier alpha value is -2.77. The van der Waals surface area contributed by atoms with Gasteiger partial charge in [-0.05, 0) is 54.6 Å². The Labute approximate surface area is 167 Å². The van der Waals surface area contributed by atoms with Crippen molar-refractivity contribution < 1.29 is 9.18 Å². The van der Waals surface area contributed by atoms with E-state index in [1.165, 1.54) is 12.1 Å². The van der Waals surface area contributed by atoms with Gasteiger partial charge in [0.05, 0.1) is 15.9 Å². The van der Waals surface area contributed by atoms with Gasteiger partial charge in [0.15, 0.2) is 0 Å². The summed E-state index contributed by atoms with van der Waals surface area (Å²) < 4.78 is 15.5. The number of para-hydroxylation sites is 1. The Kier molecular flexibility index (Phi) is 4.87. The topological polar surface area (TPSA) is 54.0 Å². The van der Waals surface area contributed by atoms with E-state index >= 15 is 0 Å². The number of anilines is 2. The third kappa shape index (κ3) is 3.99. The number of carbonyl (C=O) groups excluding carboxylic acids is 1. The van der Waals surface area contributed by atoms with Crippen molar-refractivity contribution >= 4 is 54.9 Å². The summed E-state index contributed by atoms with van der Waals surface area (Å²) in [5.74, 6) is -0.509. The summed E-state index contributed by atoms with van der Waals surface area (Å²) >= 11 is 4.80. The number of hydrogen-bond donors (Lipinski definition) is 2. The molecule has 0 saturated carbocycles. The summed E-state index contributed by atoms with van der Waals surface area (Å²) in [5, 5.41) is 6.11. The van der Waals surface area contributed by atoms with Crippen molar-refractivity contribution in [3.05, 3.63) is 77.0 Å². The van der Waals surface area contributed by atoms with Crippen LogP contribution in [-0.2, 0) is 0 Å². The van der Waals surface area contributed by atoms with E-state index in [1.807, 2.05) is 36.4 Å². The summed E-state index contributed by atoms with van der Waals surface area (Å²) in [7, 11) is 0. The zero-order valence-corrected chi connectivity index (χ0v) is 16.3. The Morgan fingerprint density at radius 3 is 2.52 bits per heavy atom. The first-order chi connectivity index (χ1) is 13.1. The highest BCUT2D eigenvalue weighted by Crippen LogP contribution is 2.30. The molecule has 0 spiro atoms. The van der Waals surface area contributed by atoms with Crippen LogP contribution in [0.4, 0.5) is 20.6 Å². The van der Waals surface area contributed by atoms with Gasteiger partial charge in [-0.15, -0.1) is 11.3 Å². The van der Waals surface area contributed by atoms with Crippen molar-refractivity contribution in [1.82, 2.24) is 4.98 Å². The number of benzene rings is 3. The molecule has 1 aromatic heterocycles. The molecule has 1 heterocycles. The van der Waals surface area contributed by atoms with Gasteiger partial charge in [0.25, 0.3) is 0 Å². The van der Waals surface area contributed by atoms with Crippen LogP contribution in [0.25, 0.3) is 20.8 Å². The molecular formula is C20H13BrFN3OS. The number of nitrogens with one attached hydrogen (secondary N) is 2. The van der Waals surface area contributed by atoms with Crippen LogP contribution in [0, 0.1) is 5.82 Å². The van der Waals surface area contributed by atoms with Crippen molar-refractivity contribution in [3.8, 4) is 10.6 Å². The number of thiazole rings is 1. The summed E-state index contributed by atoms with van der Waals surface area (Å²) in [5.41, 5.74) is 2.66. The molecule has 0 bridgehead atoms. The minimum absolute atomic E-state index is 0.113. The SMILES string of the molecule is O=C(Nc1ccc(-c2nc3ccccc3s2)cc1)Nc1ccc(Br)cc1F. The van der Waals surface area contributed by atoms with Crippen molar-refractivity contribution in [2.45, 2.75) is 0 Å². The second kappa shape index (κ2) is 7.46. The lowest BCUT2D eigenvalue weighted by molar-refractivity contribution is 0.262. The summed E-state index contributed by atoms with van der Waals surface area (Å²) in [4.78, 5) is 16.7. The highest BCUT2D eigenvalue weighted by molar-refractivity contribution is 9.10. The number of aromatic nitrogens is 1. The normalized spacial score (nSPS) is 10.7. The lowest BCUT2D eigenvalue weighted by Gasteiger charge is -2.09. The third-order valence-electron chi connectivity index (χ3n) is 3.86. The maximum Gasteiger partial charge on any atom is 0.323 e. The second-order valence-electron chi connectivity index (χ2n) is 5.77. The number of hydrogen-bond acceptors (Lipinski definition) is 3. The van der Waals surface area contributed by atoms with Crippen molar-refractivity contribution in [3.63, 3.8) is 0 Å². The van der Waals surface area contributed by atoms with Crippen molar-refractivity contribution in [2.75, 3.05) is 10.6 Å². The van der Waals surface area contributed by atoms with E-state index in [4.69, 9.17) is 0 Å². The summed E-state index contributed by atoms with van der Waals surface area (Å²) in [6.45, 7) is 0. The van der Waals surface area contributed by atoms with Crippen LogP contribution in [0.15, 0.2) is 71.2 Å². The van der Waals surface area contributed by atoms with Crippen LogP contribution in [0.3, 0.4) is 0 Å². The molecule has 0 fully saturated rings. The molecule has 2 amide bonds. The molecule has 4 nitrogen and oxygen atoms in total. The lowest BCUT2D eigenvalue weighted by Crippen LogP contribution is -2.20. The first-order valence-corrected chi connectivity index (χ1v) is 9.68. The molecule has 7 heteroatoms. The van der Waals surface area contributed by atoms with Gasteiger partial charge < -0.3 is 10.6 Å². The van der Waals surface area contributed by atoms with E-state index < -0.39 is 11.8 Å². The Bertz CT molecular complexity index is 1090. The van der Waals surface area contributed by atoms with E-state index in [9.17, 15) is 9.18 Å². The lowest BCUT2D eigenvalue weighted by atomic mass is 10.2. The van der Waals surface area contributed by atoms with Crippen LogP contribution in [-0.4, -0.2) is 11.0 Å². The number of urea groups is 1. The summed E-state index contributed by atoms with van der Waals surface area (Å²) in [6, 6.07) is 19.3. The van der Waals surface area contributed by atoms with Crippen LogP contribution in [0.5, 0.6) is 0 Å². The van der Waals surface area contributed by atoms with Crippen LogP contribution < -0.4 is 10.6 Å². The zero-order valence-electron chi connectivity index (χ0n) is 13.9. The molecular weight excluding hydrogens is 429 g/mol. The highest BCUT2D eigenvalue weighted by Gasteiger charge is 2.09. The fourth-order valence-electron chi connectivity index (χ4n) is 2.57. The first-order valence-electron chi connectivity index (χ1n) is 8.07. The first kappa shape index (κ1) is 17.6. The highest BCUT2D eigenvalue weighted by atomic mass is 79.9. The quantitative estimate of drug-likeness (QED) is 0.380. The van der Waals surface area contributed by atoms with E-state index in [0.29, 0.717) is 10.2 Å². The number of fused-ring (bicyclic) bond motifs is 1. The zero-order chi connectivity index (χ0) is 18.8. The molecule has 2 N–H and O–H groups in total. The van der Waals surface area contributed by atoms with E-state index in [1.54, 1.807) is 29.5 Å². The standard InChI is InChI=1S/C20H13BrFN3OS/c21-13-7-10-16(15(22)11-13)25-20(26)23-14-8-5-12(6-9-14)19-24-17-3-1-2-4-18(17)27-19/h1-11H,(H2,23,25,26). The minimum Gasteiger partial charge on any atom is -0.308 e. The van der Waals surface area contributed by atoms with Gasteiger partial charge in [0, 0.05) is 15.7 Å². The average molecular weight is 442 g/mol. The van der Waals surface area contributed by atoms with Crippen LogP contribution >= 0.6 is 27.3 Å². The Morgan fingerprint density at radius 1 is 1.00 bits per heavy atom. The minimum atomic E-state index is -0.510. The summed E-state index contributed by atoms with van der Waals surface area (Å²) in [6.07, 6.45) is 0. The van der Waals surface area contributed by atoms with E-state index in [0.717, 1.165) is 20.8 Å². The van der Waals surface area contributed by atoms with Crippen LogP contribution in [0.2, 0.25) is 0 Å². The molecule has 0 aliphatic heterocycles. The maximum atomic E-state index is 13.8.